The van der Waals surface area contributed by atoms with Crippen LogP contribution in [0.15, 0.2) is 21.7 Å². The molecule has 7 nitrogen and oxygen atoms in total. The van der Waals surface area contributed by atoms with Gasteiger partial charge >= 0.3 is 5.69 Å². The van der Waals surface area contributed by atoms with E-state index in [2.05, 4.69) is 0 Å². The molecule has 1 aliphatic heterocycles. The molecule has 0 radical (unpaired) electrons. The number of alkyl halides is 2. The molecule has 0 bridgehead atoms. The summed E-state index contributed by atoms with van der Waals surface area (Å²) < 4.78 is 31.2. The normalized spacial score (nSPS) is 22.2. The van der Waals surface area contributed by atoms with E-state index in [0.29, 0.717) is 10.4 Å². The largest absolute Gasteiger partial charge is 0.364 e. The van der Waals surface area contributed by atoms with Gasteiger partial charge in [0.25, 0.3) is 11.5 Å². The number of nitrogens with zero attached hydrogens (tertiary/aromatic N) is 3. The van der Waals surface area contributed by atoms with Gasteiger partial charge in [-0.3, -0.25) is 9.36 Å². The highest BCUT2D eigenvalue weighted by molar-refractivity contribution is 6.37. The number of nitrogens with two attached hydrogens (primary N) is 2. The summed E-state index contributed by atoms with van der Waals surface area (Å²) >= 11 is 6.58. The number of nitrogen functional groups attached to an aromatic ring is 1. The molecule has 1 aromatic heterocycles. The lowest BCUT2D eigenvalue weighted by Gasteiger charge is -2.30. The summed E-state index contributed by atoms with van der Waals surface area (Å²) in [6.07, 6.45) is 1.53. The minimum absolute atomic E-state index is 0.0172. The molecule has 28 heavy (non-hydrogen) atoms. The quantitative estimate of drug-likeness (QED) is 0.746. The lowest BCUT2D eigenvalue weighted by atomic mass is 9.85. The first-order valence-electron chi connectivity index (χ1n) is 9.10. The molecule has 2 heterocycles. The predicted molar refractivity (Wildman–Crippen MR) is 105 cm³/mol. The summed E-state index contributed by atoms with van der Waals surface area (Å²) in [5.74, 6) is 1.58. The summed E-state index contributed by atoms with van der Waals surface area (Å²) in [4.78, 5) is 26.4. The van der Waals surface area contributed by atoms with E-state index >= 15 is 0 Å². The maximum absolute atomic E-state index is 14.6. The second kappa shape index (κ2) is 5.93. The van der Waals surface area contributed by atoms with Crippen molar-refractivity contribution in [3.8, 4) is 0 Å². The predicted octanol–water partition coefficient (Wildman–Crippen LogP) is 1.67. The van der Waals surface area contributed by atoms with Gasteiger partial charge in [0.2, 0.25) is 0 Å². The lowest BCUT2D eigenvalue weighted by Crippen LogP contribution is -2.49. The molecule has 0 amide bonds. The zero-order valence-corrected chi connectivity index (χ0v) is 16.3. The van der Waals surface area contributed by atoms with Crippen molar-refractivity contribution in [3.05, 3.63) is 38.0 Å². The van der Waals surface area contributed by atoms with Gasteiger partial charge in [-0.05, 0) is 38.8 Å². The van der Waals surface area contributed by atoms with E-state index in [1.54, 1.807) is 13.8 Å². The van der Waals surface area contributed by atoms with Gasteiger partial charge in [0.05, 0.1) is 34.1 Å². The van der Waals surface area contributed by atoms with Gasteiger partial charge < -0.3 is 16.5 Å². The van der Waals surface area contributed by atoms with Crippen LogP contribution in [-0.2, 0) is 0 Å². The van der Waals surface area contributed by atoms with Crippen LogP contribution in [0.2, 0.25) is 5.02 Å². The maximum Gasteiger partial charge on any atom is 0.350 e. The van der Waals surface area contributed by atoms with Gasteiger partial charge in [0.15, 0.2) is 0 Å². The Labute approximate surface area is 164 Å². The average Bonchev–Trinajstić information content (AvgIpc) is 3.36. The van der Waals surface area contributed by atoms with Gasteiger partial charge in [0.1, 0.15) is 0 Å². The Morgan fingerprint density at radius 2 is 1.89 bits per heavy atom. The first kappa shape index (κ1) is 19.2. The van der Waals surface area contributed by atoms with Crippen LogP contribution in [0.3, 0.4) is 0 Å². The molecule has 0 spiro atoms. The fourth-order valence-electron chi connectivity index (χ4n) is 4.05. The number of hydrogen-bond donors (Lipinski definition) is 2. The van der Waals surface area contributed by atoms with Gasteiger partial charge in [0, 0.05) is 18.1 Å². The lowest BCUT2D eigenvalue weighted by molar-refractivity contribution is -0.0432. The molecule has 152 valence electrons. The van der Waals surface area contributed by atoms with E-state index < -0.39 is 35.2 Å². The summed E-state index contributed by atoms with van der Waals surface area (Å²) in [5.41, 5.74) is 4.16. The fourth-order valence-corrected chi connectivity index (χ4v) is 4.43. The monoisotopic (exact) mass is 413 g/mol. The first-order valence-corrected chi connectivity index (χ1v) is 9.48. The second-order valence-corrected chi connectivity index (χ2v) is 8.75. The van der Waals surface area contributed by atoms with Crippen LogP contribution in [0.25, 0.3) is 10.9 Å². The minimum Gasteiger partial charge on any atom is -0.364 e. The zero-order valence-electron chi connectivity index (χ0n) is 15.6. The van der Waals surface area contributed by atoms with Crippen molar-refractivity contribution < 1.29 is 8.78 Å². The highest BCUT2D eigenvalue weighted by atomic mass is 35.5. The first-order chi connectivity index (χ1) is 12.9. The Balaban J connectivity index is 1.90. The van der Waals surface area contributed by atoms with Crippen LogP contribution >= 0.6 is 11.6 Å². The average molecular weight is 414 g/mol. The number of rotatable bonds is 3. The summed E-state index contributed by atoms with van der Waals surface area (Å²) in [7, 11) is 0. The van der Waals surface area contributed by atoms with E-state index in [-0.39, 0.29) is 28.5 Å². The second-order valence-electron chi connectivity index (χ2n) is 8.37. The van der Waals surface area contributed by atoms with Crippen molar-refractivity contribution in [3.63, 3.8) is 0 Å². The SMILES string of the molecule is CC(C)(N)C1CN(c2ccc3c(=O)n(N)c(=O)n(C4CC4)c3c2Cl)CC1(F)F. The molecule has 1 aliphatic carbocycles. The van der Waals surface area contributed by atoms with Crippen LogP contribution in [0.1, 0.15) is 32.7 Å². The van der Waals surface area contributed by atoms with Crippen LogP contribution in [0.4, 0.5) is 14.5 Å². The van der Waals surface area contributed by atoms with Gasteiger partial charge in [-0.25, -0.2) is 13.6 Å². The third-order valence-electron chi connectivity index (χ3n) is 5.66. The molecule has 2 aliphatic rings. The highest BCUT2D eigenvalue weighted by Gasteiger charge is 2.53. The highest BCUT2D eigenvalue weighted by Crippen LogP contribution is 2.44. The van der Waals surface area contributed by atoms with Crippen molar-refractivity contribution >= 4 is 28.2 Å². The van der Waals surface area contributed by atoms with Gasteiger partial charge in [-0.15, -0.1) is 0 Å². The van der Waals surface area contributed by atoms with Crippen molar-refractivity contribution in [2.45, 2.75) is 44.2 Å². The fraction of sp³-hybridized carbons (Fsp3) is 0.556. The van der Waals surface area contributed by atoms with E-state index in [4.69, 9.17) is 23.2 Å². The molecule has 2 fully saturated rings. The van der Waals surface area contributed by atoms with Crippen molar-refractivity contribution in [1.29, 1.82) is 0 Å². The van der Waals surface area contributed by atoms with Crippen molar-refractivity contribution in [2.24, 2.45) is 11.7 Å². The minimum atomic E-state index is -2.99. The van der Waals surface area contributed by atoms with Crippen LogP contribution in [0.5, 0.6) is 0 Å². The smallest absolute Gasteiger partial charge is 0.350 e. The number of anilines is 1. The van der Waals surface area contributed by atoms with Crippen LogP contribution in [0, 0.1) is 5.92 Å². The van der Waals surface area contributed by atoms with Crippen LogP contribution in [-0.4, -0.2) is 33.8 Å². The Bertz CT molecular complexity index is 1080. The number of halogens is 3. The summed E-state index contributed by atoms with van der Waals surface area (Å²) in [6.45, 7) is 2.63. The molecule has 1 saturated heterocycles. The molecule has 10 heteroatoms. The maximum atomic E-state index is 14.6. The Morgan fingerprint density at radius 3 is 2.43 bits per heavy atom. The zero-order chi connectivity index (χ0) is 20.6. The Morgan fingerprint density at radius 1 is 1.25 bits per heavy atom. The number of aromatic nitrogens is 2. The molecule has 1 atom stereocenters. The summed E-state index contributed by atoms with van der Waals surface area (Å²) in [6, 6.07) is 2.91. The van der Waals surface area contributed by atoms with E-state index in [0.717, 1.165) is 12.8 Å². The molecule has 1 unspecified atom stereocenters. The number of fused-ring (bicyclic) bond motifs is 1. The number of hydrogen-bond acceptors (Lipinski definition) is 5. The van der Waals surface area contributed by atoms with Gasteiger partial charge in [-0.1, -0.05) is 11.6 Å². The van der Waals surface area contributed by atoms with Gasteiger partial charge in [-0.2, -0.15) is 4.68 Å². The summed E-state index contributed by atoms with van der Waals surface area (Å²) in [5, 5.41) is 0.287. The molecular formula is C18H22ClF2N5O2. The topological polar surface area (TPSA) is 99.3 Å². The third-order valence-corrected chi connectivity index (χ3v) is 6.04. The molecule has 2 aromatic rings. The molecule has 1 aromatic carbocycles. The van der Waals surface area contributed by atoms with E-state index in [1.807, 2.05) is 0 Å². The molecular weight excluding hydrogens is 392 g/mol. The standard InChI is InChI=1S/C18H22ClF2N5O2/c1-17(2,22)12-7-24(8-18(12,20)21)11-6-5-10-14(13(11)19)25(9-3-4-9)16(28)26(23)15(10)27/h5-6,9,12H,3-4,7-8,22-23H2,1-2H3. The van der Waals surface area contributed by atoms with Crippen molar-refractivity contribution in [1.82, 2.24) is 9.24 Å². The molecule has 1 saturated carbocycles. The van der Waals surface area contributed by atoms with Crippen LogP contribution < -0.4 is 27.7 Å². The van der Waals surface area contributed by atoms with E-state index in [1.165, 1.54) is 21.6 Å². The number of benzene rings is 1. The van der Waals surface area contributed by atoms with Crippen molar-refractivity contribution in [2.75, 3.05) is 23.8 Å². The van der Waals surface area contributed by atoms with E-state index in [9.17, 15) is 18.4 Å². The Hall–Kier alpha value is -2.13. The molecule has 4 N–H and O–H groups in total. The molecule has 4 rings (SSSR count). The third kappa shape index (κ3) is 2.79. The Kier molecular flexibility index (Phi) is 4.07.